The number of carbonyl (C=O) groups is 1. The summed E-state index contributed by atoms with van der Waals surface area (Å²) in [6.45, 7) is 3.19. The van der Waals surface area contributed by atoms with Crippen LogP contribution in [0.1, 0.15) is 18.2 Å². The number of benzene rings is 1. The van der Waals surface area contributed by atoms with Gasteiger partial charge in [0.15, 0.2) is 5.16 Å². The van der Waals surface area contributed by atoms with Gasteiger partial charge in [0.05, 0.1) is 23.2 Å². The molecule has 0 unspecified atom stereocenters. The van der Waals surface area contributed by atoms with Crippen LogP contribution < -0.4 is 5.56 Å². The van der Waals surface area contributed by atoms with Crippen LogP contribution in [0.2, 0.25) is 0 Å². The maximum atomic E-state index is 12.9. The summed E-state index contributed by atoms with van der Waals surface area (Å²) in [5.41, 5.74) is 0.586. The number of fused-ring (bicyclic) bond motifs is 1. The summed E-state index contributed by atoms with van der Waals surface area (Å²) in [4.78, 5) is 32.9. The molecule has 0 aliphatic rings. The summed E-state index contributed by atoms with van der Waals surface area (Å²) in [5, 5.41) is 3.18. The van der Waals surface area contributed by atoms with Crippen LogP contribution in [-0.4, -0.2) is 33.2 Å². The molecule has 0 bridgehead atoms. The van der Waals surface area contributed by atoms with Gasteiger partial charge in [-0.05, 0) is 36.1 Å². The molecule has 2 aromatic heterocycles. The van der Waals surface area contributed by atoms with E-state index >= 15 is 0 Å². The summed E-state index contributed by atoms with van der Waals surface area (Å²) in [6, 6.07) is 9.49. The molecular weight excluding hydrogens is 446 g/mol. The molecule has 0 fully saturated rings. The number of hydrogen-bond donors (Lipinski definition) is 0. The van der Waals surface area contributed by atoms with Crippen LogP contribution in [0.25, 0.3) is 10.9 Å². The molecule has 0 atom stereocenters. The number of halogens is 1. The Balaban J connectivity index is 1.81. The van der Waals surface area contributed by atoms with Crippen molar-refractivity contribution in [1.29, 1.82) is 0 Å². The molecular formula is C19H20BrN3O2S2. The Morgan fingerprint density at radius 2 is 2.19 bits per heavy atom. The van der Waals surface area contributed by atoms with Crippen molar-refractivity contribution in [2.45, 2.75) is 31.6 Å². The Labute approximate surface area is 174 Å². The van der Waals surface area contributed by atoms with Gasteiger partial charge in [0, 0.05) is 22.9 Å². The van der Waals surface area contributed by atoms with Gasteiger partial charge in [-0.15, -0.1) is 11.3 Å². The Bertz CT molecular complexity index is 1000. The molecule has 27 heavy (non-hydrogen) atoms. The quantitative estimate of drug-likeness (QED) is 0.383. The lowest BCUT2D eigenvalue weighted by Gasteiger charge is -2.17. The maximum Gasteiger partial charge on any atom is 0.262 e. The number of nitrogens with zero attached hydrogens (tertiary/aromatic N) is 3. The molecule has 8 heteroatoms. The van der Waals surface area contributed by atoms with Gasteiger partial charge in [0.1, 0.15) is 0 Å². The lowest BCUT2D eigenvalue weighted by Crippen LogP contribution is -2.28. The van der Waals surface area contributed by atoms with Gasteiger partial charge in [-0.3, -0.25) is 14.2 Å². The summed E-state index contributed by atoms with van der Waals surface area (Å²) in [7, 11) is 1.80. The standard InChI is InChI=1S/C19H20BrN3O2S2/c1-3-8-23-18(25)15-10-13(20)6-7-16(15)21-19(23)27-12-17(24)22(2)11-14-5-4-9-26-14/h4-7,9-10H,3,8,11-12H2,1-2H3. The number of thiophene rings is 1. The highest BCUT2D eigenvalue weighted by Gasteiger charge is 2.15. The monoisotopic (exact) mass is 465 g/mol. The minimum atomic E-state index is -0.0648. The Kier molecular flexibility index (Phi) is 6.73. The number of hydrogen-bond acceptors (Lipinski definition) is 5. The third-order valence-corrected chi connectivity index (χ3v) is 6.37. The van der Waals surface area contributed by atoms with Crippen molar-refractivity contribution in [2.75, 3.05) is 12.8 Å². The molecule has 0 aliphatic carbocycles. The Hall–Kier alpha value is -1.64. The molecule has 5 nitrogen and oxygen atoms in total. The summed E-state index contributed by atoms with van der Waals surface area (Å²) < 4.78 is 2.52. The SMILES string of the molecule is CCCn1c(SCC(=O)N(C)Cc2cccs2)nc2ccc(Br)cc2c1=O. The highest BCUT2D eigenvalue weighted by atomic mass is 79.9. The summed E-state index contributed by atoms with van der Waals surface area (Å²) >= 11 is 6.36. The first-order valence-electron chi connectivity index (χ1n) is 8.59. The Morgan fingerprint density at radius 1 is 1.37 bits per heavy atom. The van der Waals surface area contributed by atoms with E-state index in [1.165, 1.54) is 11.8 Å². The van der Waals surface area contributed by atoms with Crippen molar-refractivity contribution in [2.24, 2.45) is 0 Å². The molecule has 2 heterocycles. The number of thioether (sulfide) groups is 1. The first-order valence-corrected chi connectivity index (χ1v) is 11.2. The third-order valence-electron chi connectivity index (χ3n) is 4.05. The van der Waals surface area contributed by atoms with Crippen LogP contribution >= 0.6 is 39.0 Å². The van der Waals surface area contributed by atoms with Gasteiger partial charge in [-0.2, -0.15) is 0 Å². The lowest BCUT2D eigenvalue weighted by molar-refractivity contribution is -0.127. The van der Waals surface area contributed by atoms with E-state index in [4.69, 9.17) is 0 Å². The van der Waals surface area contributed by atoms with Gasteiger partial charge in [-0.25, -0.2) is 4.98 Å². The van der Waals surface area contributed by atoms with Gasteiger partial charge < -0.3 is 4.90 Å². The second-order valence-electron chi connectivity index (χ2n) is 6.13. The van der Waals surface area contributed by atoms with E-state index < -0.39 is 0 Å². The minimum absolute atomic E-state index is 0.0154. The topological polar surface area (TPSA) is 55.2 Å². The number of carbonyl (C=O) groups excluding carboxylic acids is 1. The molecule has 142 valence electrons. The average molecular weight is 466 g/mol. The van der Waals surface area contributed by atoms with Gasteiger partial charge in [0.25, 0.3) is 5.56 Å². The predicted molar refractivity (Wildman–Crippen MR) is 116 cm³/mol. The fraction of sp³-hybridized carbons (Fsp3) is 0.316. The second kappa shape index (κ2) is 9.03. The molecule has 0 N–H and O–H groups in total. The predicted octanol–water partition coefficient (Wildman–Crippen LogP) is 4.38. The van der Waals surface area contributed by atoms with Crippen LogP contribution in [-0.2, 0) is 17.9 Å². The first-order chi connectivity index (χ1) is 13.0. The summed E-state index contributed by atoms with van der Waals surface area (Å²) in [5.74, 6) is 0.265. The zero-order valence-electron chi connectivity index (χ0n) is 15.1. The summed E-state index contributed by atoms with van der Waals surface area (Å²) in [6.07, 6.45) is 0.820. The molecule has 3 aromatic rings. The lowest BCUT2D eigenvalue weighted by atomic mass is 10.2. The van der Waals surface area contributed by atoms with Gasteiger partial charge in [0.2, 0.25) is 5.91 Å². The van der Waals surface area contributed by atoms with E-state index in [2.05, 4.69) is 20.9 Å². The van der Waals surface area contributed by atoms with E-state index in [1.807, 2.05) is 36.6 Å². The zero-order chi connectivity index (χ0) is 19.4. The number of aromatic nitrogens is 2. The molecule has 0 radical (unpaired) electrons. The van der Waals surface area contributed by atoms with Crippen LogP contribution in [0.4, 0.5) is 0 Å². The van der Waals surface area contributed by atoms with Crippen molar-refractivity contribution >= 4 is 55.8 Å². The minimum Gasteiger partial charge on any atom is -0.340 e. The van der Waals surface area contributed by atoms with Gasteiger partial charge >= 0.3 is 0 Å². The maximum absolute atomic E-state index is 12.9. The molecule has 1 amide bonds. The molecule has 0 aliphatic heterocycles. The fourth-order valence-electron chi connectivity index (χ4n) is 2.66. The van der Waals surface area contributed by atoms with E-state index in [-0.39, 0.29) is 17.2 Å². The van der Waals surface area contributed by atoms with E-state index in [1.54, 1.807) is 33.9 Å². The van der Waals surface area contributed by atoms with Crippen LogP contribution in [0.5, 0.6) is 0 Å². The molecule has 0 saturated carbocycles. The van der Waals surface area contributed by atoms with E-state index in [0.717, 1.165) is 15.8 Å². The average Bonchev–Trinajstić information content (AvgIpc) is 3.16. The number of amides is 1. The molecule has 0 spiro atoms. The second-order valence-corrected chi connectivity index (χ2v) is 9.02. The third kappa shape index (κ3) is 4.80. The van der Waals surface area contributed by atoms with Crippen molar-refractivity contribution in [1.82, 2.24) is 14.5 Å². The van der Waals surface area contributed by atoms with Crippen LogP contribution in [0.15, 0.2) is 50.1 Å². The van der Waals surface area contributed by atoms with Gasteiger partial charge in [-0.1, -0.05) is 40.7 Å². The molecule has 3 rings (SSSR count). The van der Waals surface area contributed by atoms with Crippen molar-refractivity contribution in [3.8, 4) is 0 Å². The van der Waals surface area contributed by atoms with Crippen LogP contribution in [0, 0.1) is 0 Å². The largest absolute Gasteiger partial charge is 0.340 e. The van der Waals surface area contributed by atoms with Crippen molar-refractivity contribution in [3.05, 3.63) is 55.4 Å². The zero-order valence-corrected chi connectivity index (χ0v) is 18.4. The molecule has 0 saturated heterocycles. The highest BCUT2D eigenvalue weighted by molar-refractivity contribution is 9.10. The smallest absolute Gasteiger partial charge is 0.262 e. The number of rotatable bonds is 7. The highest BCUT2D eigenvalue weighted by Crippen LogP contribution is 2.21. The molecule has 1 aromatic carbocycles. The van der Waals surface area contributed by atoms with Crippen molar-refractivity contribution < 1.29 is 4.79 Å². The van der Waals surface area contributed by atoms with Crippen molar-refractivity contribution in [3.63, 3.8) is 0 Å². The normalized spacial score (nSPS) is 11.1. The fourth-order valence-corrected chi connectivity index (χ4v) is 4.75. The Morgan fingerprint density at radius 3 is 2.89 bits per heavy atom. The van der Waals surface area contributed by atoms with E-state index in [0.29, 0.717) is 29.1 Å². The van der Waals surface area contributed by atoms with E-state index in [9.17, 15) is 9.59 Å². The van der Waals surface area contributed by atoms with Crippen LogP contribution in [0.3, 0.4) is 0 Å². The first kappa shape index (κ1) is 20.1.